The van der Waals surface area contributed by atoms with Crippen molar-refractivity contribution in [2.75, 3.05) is 0 Å². The van der Waals surface area contributed by atoms with Gasteiger partial charge in [0.05, 0.1) is 0 Å². The molecule has 0 aliphatic rings. The zero-order valence-electron chi connectivity index (χ0n) is 9.65. The highest BCUT2D eigenvalue weighted by molar-refractivity contribution is 6.77. The van der Waals surface area contributed by atoms with E-state index in [1.54, 1.807) is 12.1 Å². The number of ketones is 1. The van der Waals surface area contributed by atoms with E-state index in [2.05, 4.69) is 0 Å². The fourth-order valence-electron chi connectivity index (χ4n) is 1.97. The maximum atomic E-state index is 12.0. The van der Waals surface area contributed by atoms with Crippen LogP contribution in [-0.2, 0) is 9.59 Å². The summed E-state index contributed by atoms with van der Waals surface area (Å²) in [5.41, 5.74) is 0.546. The molecule has 0 fully saturated rings. The van der Waals surface area contributed by atoms with Crippen molar-refractivity contribution in [2.24, 2.45) is 0 Å². The normalized spacial score (nSPS) is 13.2. The van der Waals surface area contributed by atoms with Crippen molar-refractivity contribution in [2.45, 2.75) is 9.71 Å². The number of Topliss-reactive ketones (excluding diaryl/α,β-unsaturated/α-hetero) is 1. The van der Waals surface area contributed by atoms with Crippen LogP contribution in [0.1, 0.15) is 11.5 Å². The van der Waals surface area contributed by atoms with Crippen LogP contribution in [-0.4, -0.2) is 15.9 Å². The highest BCUT2D eigenvalue weighted by atomic mass is 35.6. The van der Waals surface area contributed by atoms with Crippen LogP contribution in [0, 0.1) is 0 Å². The molecule has 0 spiro atoms. The zero-order valence-corrected chi connectivity index (χ0v) is 11.9. The molecule has 0 saturated carbocycles. The number of fused-ring (bicyclic) bond motifs is 1. The predicted octanol–water partition coefficient (Wildman–Crippen LogP) is 4.06. The molecule has 98 valence electrons. The summed E-state index contributed by atoms with van der Waals surface area (Å²) in [6.45, 7) is 0. The number of aldehydes is 1. The van der Waals surface area contributed by atoms with Crippen molar-refractivity contribution >= 4 is 57.6 Å². The van der Waals surface area contributed by atoms with E-state index in [1.807, 2.05) is 30.3 Å². The van der Waals surface area contributed by atoms with Gasteiger partial charge in [-0.15, -0.1) is 0 Å². The Balaban J connectivity index is 2.59. The summed E-state index contributed by atoms with van der Waals surface area (Å²) in [4.78, 5) is 23.3. The van der Waals surface area contributed by atoms with Gasteiger partial charge in [-0.2, -0.15) is 0 Å². The third-order valence-electron chi connectivity index (χ3n) is 2.86. The highest BCUT2D eigenvalue weighted by Gasteiger charge is 2.37. The number of halogens is 3. The number of carbonyl (C=O) groups excluding carboxylic acids is 2. The van der Waals surface area contributed by atoms with Gasteiger partial charge in [-0.1, -0.05) is 77.3 Å². The first kappa shape index (κ1) is 14.3. The van der Waals surface area contributed by atoms with Crippen molar-refractivity contribution < 1.29 is 9.59 Å². The molecule has 1 unspecified atom stereocenters. The topological polar surface area (TPSA) is 34.1 Å². The molecule has 0 bridgehead atoms. The standard InChI is InChI=1S/C14H9Cl3O2/c15-14(16,17)13(19)12(8-18)11-7-3-5-9-4-1-2-6-10(9)11/h1-8,12H. The molecule has 19 heavy (non-hydrogen) atoms. The van der Waals surface area contributed by atoms with Crippen LogP contribution in [0.3, 0.4) is 0 Å². The summed E-state index contributed by atoms with van der Waals surface area (Å²) >= 11 is 16.7. The summed E-state index contributed by atoms with van der Waals surface area (Å²) in [5, 5.41) is 1.72. The monoisotopic (exact) mass is 314 g/mol. The molecular formula is C14H9Cl3O2. The Kier molecular flexibility index (Phi) is 4.14. The molecule has 0 radical (unpaired) electrons. The van der Waals surface area contributed by atoms with Crippen molar-refractivity contribution in [3.8, 4) is 0 Å². The fourth-order valence-corrected chi connectivity index (χ4v) is 2.33. The molecule has 2 rings (SSSR count). The second-order valence-corrected chi connectivity index (χ2v) is 6.33. The third kappa shape index (κ3) is 2.92. The SMILES string of the molecule is O=CC(C(=O)C(Cl)(Cl)Cl)c1cccc2ccccc12. The van der Waals surface area contributed by atoms with E-state index in [0.29, 0.717) is 11.8 Å². The van der Waals surface area contributed by atoms with Gasteiger partial charge in [0.2, 0.25) is 3.79 Å². The summed E-state index contributed by atoms with van der Waals surface area (Å²) < 4.78 is -2.11. The van der Waals surface area contributed by atoms with E-state index in [4.69, 9.17) is 34.8 Å². The Morgan fingerprint density at radius 2 is 1.68 bits per heavy atom. The minimum Gasteiger partial charge on any atom is -0.302 e. The smallest absolute Gasteiger partial charge is 0.249 e. The highest BCUT2D eigenvalue weighted by Crippen LogP contribution is 2.35. The zero-order chi connectivity index (χ0) is 14.0. The van der Waals surface area contributed by atoms with Crippen LogP contribution in [0.2, 0.25) is 0 Å². The van der Waals surface area contributed by atoms with Gasteiger partial charge in [0, 0.05) is 0 Å². The Morgan fingerprint density at radius 1 is 1.05 bits per heavy atom. The molecule has 0 aliphatic carbocycles. The number of hydrogen-bond acceptors (Lipinski definition) is 2. The molecule has 2 nitrogen and oxygen atoms in total. The summed E-state index contributed by atoms with van der Waals surface area (Å²) in [6, 6.07) is 12.8. The second-order valence-electron chi connectivity index (χ2n) is 4.04. The van der Waals surface area contributed by atoms with Gasteiger partial charge < -0.3 is 4.79 Å². The first-order valence-corrected chi connectivity index (χ1v) is 6.62. The molecule has 0 aromatic heterocycles. The molecule has 0 amide bonds. The molecule has 5 heteroatoms. The number of hydrogen-bond donors (Lipinski definition) is 0. The van der Waals surface area contributed by atoms with Crippen molar-refractivity contribution in [1.82, 2.24) is 0 Å². The molecule has 0 heterocycles. The largest absolute Gasteiger partial charge is 0.302 e. The first-order chi connectivity index (χ1) is 8.95. The first-order valence-electron chi connectivity index (χ1n) is 5.49. The fraction of sp³-hybridized carbons (Fsp3) is 0.143. The minimum absolute atomic E-state index is 0.506. The maximum absolute atomic E-state index is 12.0. The summed E-state index contributed by atoms with van der Waals surface area (Å²) in [6.07, 6.45) is 0.506. The quantitative estimate of drug-likeness (QED) is 0.486. The molecule has 2 aromatic carbocycles. The molecule has 1 atom stereocenters. The summed E-state index contributed by atoms with van der Waals surface area (Å²) in [7, 11) is 0. The Bertz CT molecular complexity index is 627. The van der Waals surface area contributed by atoms with Crippen LogP contribution in [0.4, 0.5) is 0 Å². The average Bonchev–Trinajstić information content (AvgIpc) is 2.38. The van der Waals surface area contributed by atoms with Crippen molar-refractivity contribution in [1.29, 1.82) is 0 Å². The van der Waals surface area contributed by atoms with Crippen LogP contribution in [0.5, 0.6) is 0 Å². The third-order valence-corrected chi connectivity index (χ3v) is 3.42. The number of benzene rings is 2. The van der Waals surface area contributed by atoms with Crippen LogP contribution >= 0.6 is 34.8 Å². The van der Waals surface area contributed by atoms with Gasteiger partial charge in [0.1, 0.15) is 12.2 Å². The van der Waals surface area contributed by atoms with E-state index < -0.39 is 15.5 Å². The Labute approximate surface area is 125 Å². The Morgan fingerprint density at radius 3 is 2.32 bits per heavy atom. The van der Waals surface area contributed by atoms with Gasteiger partial charge in [0.15, 0.2) is 5.78 Å². The van der Waals surface area contributed by atoms with E-state index in [-0.39, 0.29) is 0 Å². The van der Waals surface area contributed by atoms with Crippen LogP contribution in [0.25, 0.3) is 10.8 Å². The van der Waals surface area contributed by atoms with Gasteiger partial charge in [-0.05, 0) is 16.3 Å². The van der Waals surface area contributed by atoms with Gasteiger partial charge in [0.25, 0.3) is 0 Å². The number of rotatable bonds is 3. The molecule has 0 saturated heterocycles. The number of carbonyl (C=O) groups is 2. The van der Waals surface area contributed by atoms with E-state index in [9.17, 15) is 9.59 Å². The lowest BCUT2D eigenvalue weighted by Crippen LogP contribution is -2.27. The van der Waals surface area contributed by atoms with Gasteiger partial charge in [-0.25, -0.2) is 0 Å². The van der Waals surface area contributed by atoms with E-state index in [0.717, 1.165) is 10.8 Å². The average molecular weight is 316 g/mol. The van der Waals surface area contributed by atoms with Gasteiger partial charge in [-0.3, -0.25) is 4.79 Å². The maximum Gasteiger partial charge on any atom is 0.249 e. The lowest BCUT2D eigenvalue weighted by Gasteiger charge is -2.17. The summed E-state index contributed by atoms with van der Waals surface area (Å²) in [5.74, 6) is -1.83. The number of alkyl halides is 3. The molecule has 0 aliphatic heterocycles. The molecule has 0 N–H and O–H groups in total. The van der Waals surface area contributed by atoms with Crippen LogP contribution in [0.15, 0.2) is 42.5 Å². The molecular weight excluding hydrogens is 307 g/mol. The lowest BCUT2D eigenvalue weighted by atomic mass is 9.92. The minimum atomic E-state index is -2.11. The van der Waals surface area contributed by atoms with Crippen molar-refractivity contribution in [3.63, 3.8) is 0 Å². The van der Waals surface area contributed by atoms with E-state index in [1.165, 1.54) is 0 Å². The van der Waals surface area contributed by atoms with Gasteiger partial charge >= 0.3 is 0 Å². The van der Waals surface area contributed by atoms with Crippen molar-refractivity contribution in [3.05, 3.63) is 48.0 Å². The molecule has 2 aromatic rings. The predicted molar refractivity (Wildman–Crippen MR) is 78.1 cm³/mol. The second kappa shape index (κ2) is 5.49. The van der Waals surface area contributed by atoms with E-state index >= 15 is 0 Å². The lowest BCUT2D eigenvalue weighted by molar-refractivity contribution is -0.123. The van der Waals surface area contributed by atoms with Crippen LogP contribution < -0.4 is 0 Å². The Hall–Kier alpha value is -1.09.